The number of fused-ring (bicyclic) bond motifs is 9. The van der Waals surface area contributed by atoms with Gasteiger partial charge in [0.2, 0.25) is 0 Å². The first kappa shape index (κ1) is 13.8. The van der Waals surface area contributed by atoms with Crippen LogP contribution in [0.15, 0.2) is 212 Å². The summed E-state index contributed by atoms with van der Waals surface area (Å²) in [6.45, 7) is 0. The summed E-state index contributed by atoms with van der Waals surface area (Å²) in [6.07, 6.45) is 0. The molecule has 0 saturated heterocycles. The highest BCUT2D eigenvalue weighted by atomic mass is 15.1. The fraction of sp³-hybridized carbons (Fsp3) is 0. The van der Waals surface area contributed by atoms with Gasteiger partial charge in [-0.05, 0) is 76.7 Å². The lowest BCUT2D eigenvalue weighted by Crippen LogP contribution is -2.01. The van der Waals surface area contributed by atoms with E-state index in [1.165, 1.54) is 24.3 Å². The van der Waals surface area contributed by atoms with Crippen LogP contribution in [-0.4, -0.2) is 13.7 Å². The van der Waals surface area contributed by atoms with E-state index in [4.69, 9.17) is 23.3 Å². The third-order valence-electron chi connectivity index (χ3n) is 9.64. The summed E-state index contributed by atoms with van der Waals surface area (Å²) in [5.41, 5.74) is -7.26. The molecule has 0 atom stereocenters. The Labute approximate surface area is 373 Å². The van der Waals surface area contributed by atoms with Crippen LogP contribution in [-0.2, 0) is 0 Å². The summed E-state index contributed by atoms with van der Waals surface area (Å²) in [7, 11) is 0. The van der Waals surface area contributed by atoms with Crippen LogP contribution in [0.1, 0.15) is 42.5 Å². The summed E-state index contributed by atoms with van der Waals surface area (Å²) >= 11 is 0. The fourth-order valence-corrected chi connectivity index (χ4v) is 7.33. The minimum absolute atomic E-state index is 0.143. The molecule has 0 aliphatic carbocycles. The van der Waals surface area contributed by atoms with Gasteiger partial charge in [0.05, 0.1) is 87.0 Å². The lowest BCUT2D eigenvalue weighted by Gasteiger charge is -2.16. The van der Waals surface area contributed by atoms with E-state index in [1.807, 2.05) is 0 Å². The third kappa shape index (κ3) is 4.73. The molecule has 3 heterocycles. The standard InChI is InChI=1S/C54H35N3/c1-2-15-36(16-3-1)37-31-33-38(34-32-37)39-17-12-18-40(35-39)55-49-27-11-7-22-45(49)53-50(55)28-14-29-51(53)57-48-26-10-6-21-43(48)44-23-13-30-52(54(44)57)56-46-24-8-4-19-41(46)42-20-5-9-25-47(42)56/h1-35H/i1D,2D,3D,4D,5D,6D,7D,8D,9D,10D,11D,13D,14D,15D,16D,19D,20D,21D,22D,23D,24D,25D,26D,27D,28D,29D,30D,31D,32D,33D,34D. The Kier molecular flexibility index (Phi) is 3.02. The Morgan fingerprint density at radius 1 is 0.316 bits per heavy atom. The number of aromatic nitrogens is 3. The highest BCUT2D eigenvalue weighted by molar-refractivity contribution is 6.18. The molecule has 3 nitrogen and oxygen atoms in total. The van der Waals surface area contributed by atoms with Crippen LogP contribution in [0.25, 0.3) is 105 Å². The monoisotopic (exact) mass is 756 g/mol. The average Bonchev–Trinajstić information content (AvgIpc) is 1.55. The maximum absolute atomic E-state index is 9.94. The topological polar surface area (TPSA) is 14.8 Å². The SMILES string of the molecule is [2H]c1c([2H])c([2H])c(-c2c([2H])c([2H])c(-c3cccc(-n4c5c([2H])c([2H])c([2H])c([2H])c5c5c(-n6c7c([2H])c([2H])c([2H])c([2H])c7c7c([2H])c([2H])c([2H])c(-n8c9c([2H])c([2H])c([2H])c([2H])c9c9c([2H])c([2H])c([2H])c([2H])c98)c76)c([2H])c([2H])c([2H])c54)c3)c([2H])c2[2H])c([2H])c1[2H]. The molecule has 12 aromatic rings. The van der Waals surface area contributed by atoms with Crippen molar-refractivity contribution in [1.29, 1.82) is 0 Å². The van der Waals surface area contributed by atoms with Crippen molar-refractivity contribution in [2.75, 3.05) is 0 Å². The van der Waals surface area contributed by atoms with E-state index in [2.05, 4.69) is 0 Å². The predicted octanol–water partition coefficient (Wildman–Crippen LogP) is 14.3. The molecule has 0 N–H and O–H groups in total. The van der Waals surface area contributed by atoms with E-state index in [1.54, 1.807) is 0 Å². The summed E-state index contributed by atoms with van der Waals surface area (Å²) in [6, 6.07) is -22.2. The first-order valence-corrected chi connectivity index (χ1v) is 17.1. The molecule has 0 amide bonds. The van der Waals surface area contributed by atoms with Crippen molar-refractivity contribution in [1.82, 2.24) is 13.7 Å². The van der Waals surface area contributed by atoms with Gasteiger partial charge in [-0.25, -0.2) is 0 Å². The molecular formula is C54H35N3. The lowest BCUT2D eigenvalue weighted by atomic mass is 10.00. The number of para-hydroxylation sites is 5. The van der Waals surface area contributed by atoms with Crippen LogP contribution in [0.3, 0.4) is 0 Å². The van der Waals surface area contributed by atoms with Gasteiger partial charge in [0, 0.05) is 38.0 Å². The summed E-state index contributed by atoms with van der Waals surface area (Å²) in [5, 5.41) is -3.37. The van der Waals surface area contributed by atoms with E-state index < -0.39 is 281 Å². The smallest absolute Gasteiger partial charge is 0.0782 e. The molecule has 3 heteroatoms. The molecular weight excluding hydrogens is 691 g/mol. The number of hydrogen-bond donors (Lipinski definition) is 0. The fourth-order valence-electron chi connectivity index (χ4n) is 7.33. The van der Waals surface area contributed by atoms with Crippen LogP contribution in [0.2, 0.25) is 0 Å². The molecule has 57 heavy (non-hydrogen) atoms. The van der Waals surface area contributed by atoms with Gasteiger partial charge in [0.25, 0.3) is 0 Å². The minimum Gasteiger partial charge on any atom is -0.309 e. The zero-order valence-electron chi connectivity index (χ0n) is 59.7. The van der Waals surface area contributed by atoms with Crippen molar-refractivity contribution in [2.45, 2.75) is 0 Å². The summed E-state index contributed by atoms with van der Waals surface area (Å²) < 4.78 is 285. The predicted molar refractivity (Wildman–Crippen MR) is 240 cm³/mol. The molecule has 0 radical (unpaired) electrons. The first-order valence-electron chi connectivity index (χ1n) is 32.6. The molecule has 3 aromatic heterocycles. The summed E-state index contributed by atoms with van der Waals surface area (Å²) in [5.74, 6) is 0. The molecule has 0 aliphatic rings. The van der Waals surface area contributed by atoms with Crippen molar-refractivity contribution in [3.63, 3.8) is 0 Å². The van der Waals surface area contributed by atoms with Gasteiger partial charge in [0.1, 0.15) is 0 Å². The Balaban J connectivity index is 1.31. The molecule has 12 rings (SSSR count). The highest BCUT2D eigenvalue weighted by Gasteiger charge is 2.23. The second-order valence-electron chi connectivity index (χ2n) is 12.6. The first-order chi connectivity index (χ1) is 41.2. The normalized spacial score (nSPS) is 19.5. The van der Waals surface area contributed by atoms with Gasteiger partial charge in [-0.15, -0.1) is 0 Å². The lowest BCUT2D eigenvalue weighted by molar-refractivity contribution is 1.14. The van der Waals surface area contributed by atoms with E-state index >= 15 is 0 Å². The Morgan fingerprint density at radius 2 is 0.789 bits per heavy atom. The van der Waals surface area contributed by atoms with E-state index in [9.17, 15) is 19.2 Å². The molecule has 0 fully saturated rings. The van der Waals surface area contributed by atoms with Crippen molar-refractivity contribution in [2.24, 2.45) is 0 Å². The second-order valence-corrected chi connectivity index (χ2v) is 12.6. The van der Waals surface area contributed by atoms with Crippen molar-refractivity contribution in [3.8, 4) is 39.3 Å². The van der Waals surface area contributed by atoms with Crippen molar-refractivity contribution in [3.05, 3.63) is 212 Å². The van der Waals surface area contributed by atoms with E-state index in [0.29, 0.717) is 0 Å². The molecule has 0 spiro atoms. The van der Waals surface area contributed by atoms with Crippen molar-refractivity contribution >= 4 is 65.4 Å². The van der Waals surface area contributed by atoms with Crippen LogP contribution in [0.5, 0.6) is 0 Å². The van der Waals surface area contributed by atoms with Gasteiger partial charge in [-0.2, -0.15) is 0 Å². The molecule has 266 valence electrons. The van der Waals surface area contributed by atoms with Gasteiger partial charge in [-0.1, -0.05) is 157 Å². The third-order valence-corrected chi connectivity index (χ3v) is 9.64. The maximum atomic E-state index is 9.94. The van der Waals surface area contributed by atoms with Crippen LogP contribution in [0, 0.1) is 0 Å². The Bertz CT molecular complexity index is 5210. The van der Waals surface area contributed by atoms with Crippen LogP contribution < -0.4 is 0 Å². The minimum atomic E-state index is -1.03. The molecule has 0 bridgehead atoms. The largest absolute Gasteiger partial charge is 0.309 e. The quantitative estimate of drug-likeness (QED) is 0.166. The molecule has 0 saturated carbocycles. The number of benzene rings is 9. The molecule has 0 unspecified atom stereocenters. The zero-order valence-corrected chi connectivity index (χ0v) is 28.7. The Hall–Kier alpha value is -7.62. The number of rotatable bonds is 5. The Morgan fingerprint density at radius 3 is 1.47 bits per heavy atom. The van der Waals surface area contributed by atoms with Gasteiger partial charge in [-0.3, -0.25) is 0 Å². The van der Waals surface area contributed by atoms with Crippen molar-refractivity contribution < 1.29 is 42.5 Å². The second kappa shape index (κ2) is 12.5. The van der Waals surface area contributed by atoms with E-state index in [-0.39, 0.29) is 11.3 Å². The van der Waals surface area contributed by atoms with Gasteiger partial charge < -0.3 is 13.7 Å². The maximum Gasteiger partial charge on any atom is 0.0782 e. The highest BCUT2D eigenvalue weighted by Crippen LogP contribution is 2.43. The molecule has 9 aromatic carbocycles. The van der Waals surface area contributed by atoms with Crippen LogP contribution >= 0.6 is 0 Å². The summed E-state index contributed by atoms with van der Waals surface area (Å²) in [4.78, 5) is 0. The zero-order chi connectivity index (χ0) is 64.4. The van der Waals surface area contributed by atoms with Gasteiger partial charge in [0.15, 0.2) is 0 Å². The number of nitrogens with zero attached hydrogens (tertiary/aromatic N) is 3. The van der Waals surface area contributed by atoms with Crippen LogP contribution in [0.4, 0.5) is 0 Å². The average molecular weight is 757 g/mol. The van der Waals surface area contributed by atoms with Gasteiger partial charge >= 0.3 is 0 Å². The molecule has 0 aliphatic heterocycles. The van der Waals surface area contributed by atoms with E-state index in [0.717, 1.165) is 13.7 Å². The number of hydrogen-bond acceptors (Lipinski definition) is 0.